The van der Waals surface area contributed by atoms with Gasteiger partial charge in [-0.2, -0.15) is 5.10 Å². The van der Waals surface area contributed by atoms with Gasteiger partial charge in [-0.15, -0.1) is 23.1 Å². The lowest BCUT2D eigenvalue weighted by atomic mass is 10.0. The average molecular weight is 379 g/mol. The van der Waals surface area contributed by atoms with Crippen LogP contribution in [0.25, 0.3) is 27.6 Å². The summed E-state index contributed by atoms with van der Waals surface area (Å²) in [5, 5.41) is 7.46. The van der Waals surface area contributed by atoms with Crippen LogP contribution in [0.15, 0.2) is 58.9 Å². The van der Waals surface area contributed by atoms with Crippen LogP contribution in [0.3, 0.4) is 0 Å². The Hall–Kier alpha value is -2.44. The average Bonchev–Trinajstić information content (AvgIpc) is 3.30. The van der Waals surface area contributed by atoms with E-state index in [0.29, 0.717) is 5.56 Å². The molecule has 2 aromatic carbocycles. The zero-order chi connectivity index (χ0) is 17.7. The standard InChI is InChI=1S/C20H14FN3S2/c1-12-7-15-18(8-16(12)21)25-10-14-9-22-24(19(14)15)20-23-17(11-26-20)13-5-3-2-4-6-13/h2-9,11H,10H2,1H3. The minimum absolute atomic E-state index is 0.161. The van der Waals surface area contributed by atoms with Crippen LogP contribution < -0.4 is 0 Å². The number of nitrogens with zero attached hydrogens (tertiary/aromatic N) is 3. The highest BCUT2D eigenvalue weighted by Gasteiger charge is 2.24. The zero-order valence-electron chi connectivity index (χ0n) is 13.9. The van der Waals surface area contributed by atoms with Crippen molar-refractivity contribution in [3.05, 3.63) is 71.0 Å². The van der Waals surface area contributed by atoms with Crippen LogP contribution in [0.4, 0.5) is 4.39 Å². The van der Waals surface area contributed by atoms with Crippen LogP contribution in [0.5, 0.6) is 0 Å². The molecular weight excluding hydrogens is 365 g/mol. The second-order valence-electron chi connectivity index (χ2n) is 6.20. The predicted octanol–water partition coefficient (Wildman–Crippen LogP) is 5.72. The number of rotatable bonds is 2. The Kier molecular flexibility index (Phi) is 3.69. The smallest absolute Gasteiger partial charge is 0.211 e. The summed E-state index contributed by atoms with van der Waals surface area (Å²) in [6, 6.07) is 13.7. The molecule has 6 heteroatoms. The molecule has 4 aromatic rings. The van der Waals surface area contributed by atoms with E-state index in [4.69, 9.17) is 4.98 Å². The largest absolute Gasteiger partial charge is 0.218 e. The van der Waals surface area contributed by atoms with Crippen LogP contribution in [-0.2, 0) is 5.75 Å². The highest BCUT2D eigenvalue weighted by Crippen LogP contribution is 2.43. The lowest BCUT2D eigenvalue weighted by molar-refractivity contribution is 0.615. The molecule has 0 atom stereocenters. The van der Waals surface area contributed by atoms with Crippen LogP contribution in [0.1, 0.15) is 11.1 Å². The summed E-state index contributed by atoms with van der Waals surface area (Å²) >= 11 is 3.22. The van der Waals surface area contributed by atoms with Crippen LogP contribution in [0, 0.1) is 12.7 Å². The Balaban J connectivity index is 1.64. The van der Waals surface area contributed by atoms with Crippen molar-refractivity contribution in [3.8, 4) is 27.6 Å². The van der Waals surface area contributed by atoms with E-state index in [1.54, 1.807) is 36.1 Å². The quantitative estimate of drug-likeness (QED) is 0.446. The van der Waals surface area contributed by atoms with Crippen molar-refractivity contribution < 1.29 is 4.39 Å². The fourth-order valence-corrected chi connectivity index (χ4v) is 4.96. The van der Waals surface area contributed by atoms with Gasteiger partial charge in [0.2, 0.25) is 5.13 Å². The molecular formula is C20H14FN3S2. The van der Waals surface area contributed by atoms with Gasteiger partial charge >= 0.3 is 0 Å². The zero-order valence-corrected chi connectivity index (χ0v) is 15.6. The van der Waals surface area contributed by atoms with Crippen molar-refractivity contribution in [1.29, 1.82) is 0 Å². The molecule has 0 aliphatic carbocycles. The summed E-state index contributed by atoms with van der Waals surface area (Å²) in [6.45, 7) is 1.80. The Labute approximate surface area is 158 Å². The summed E-state index contributed by atoms with van der Waals surface area (Å²) in [5.41, 5.74) is 5.89. The molecule has 0 saturated heterocycles. The summed E-state index contributed by atoms with van der Waals surface area (Å²) in [6.07, 6.45) is 1.90. The van der Waals surface area contributed by atoms with Gasteiger partial charge in [0.25, 0.3) is 0 Å². The van der Waals surface area contributed by atoms with E-state index in [2.05, 4.69) is 17.2 Å². The van der Waals surface area contributed by atoms with Gasteiger partial charge in [0.05, 0.1) is 17.6 Å². The third kappa shape index (κ3) is 2.48. The van der Waals surface area contributed by atoms with Crippen LogP contribution in [-0.4, -0.2) is 14.8 Å². The van der Waals surface area contributed by atoms with E-state index in [1.165, 1.54) is 0 Å². The highest BCUT2D eigenvalue weighted by atomic mass is 32.2. The monoisotopic (exact) mass is 379 g/mol. The molecule has 0 spiro atoms. The molecule has 0 fully saturated rings. The van der Waals surface area contributed by atoms with Crippen molar-refractivity contribution in [2.45, 2.75) is 17.6 Å². The molecule has 26 heavy (non-hydrogen) atoms. The number of hydrogen-bond acceptors (Lipinski definition) is 4. The summed E-state index contributed by atoms with van der Waals surface area (Å²) < 4.78 is 15.9. The molecule has 1 aliphatic heterocycles. The number of halogens is 1. The first-order valence-electron chi connectivity index (χ1n) is 8.22. The second-order valence-corrected chi connectivity index (χ2v) is 8.05. The Morgan fingerprint density at radius 2 is 2.00 bits per heavy atom. The first-order valence-corrected chi connectivity index (χ1v) is 10.1. The molecule has 1 aliphatic rings. The van der Waals surface area contributed by atoms with E-state index in [9.17, 15) is 4.39 Å². The van der Waals surface area contributed by atoms with Crippen molar-refractivity contribution in [3.63, 3.8) is 0 Å². The lowest BCUT2D eigenvalue weighted by Gasteiger charge is -2.18. The number of hydrogen-bond donors (Lipinski definition) is 0. The van der Waals surface area contributed by atoms with Gasteiger partial charge in [0, 0.05) is 32.7 Å². The fourth-order valence-electron chi connectivity index (χ4n) is 3.15. The third-order valence-electron chi connectivity index (χ3n) is 4.49. The normalized spacial score (nSPS) is 12.7. The van der Waals surface area contributed by atoms with Gasteiger partial charge in [0.1, 0.15) is 5.82 Å². The number of fused-ring (bicyclic) bond motifs is 3. The van der Waals surface area contributed by atoms with Gasteiger partial charge < -0.3 is 0 Å². The fraction of sp³-hybridized carbons (Fsp3) is 0.100. The van der Waals surface area contributed by atoms with Crippen molar-refractivity contribution in [2.75, 3.05) is 0 Å². The van der Waals surface area contributed by atoms with E-state index in [0.717, 1.165) is 43.9 Å². The third-order valence-corrected chi connectivity index (χ3v) is 6.41. The van der Waals surface area contributed by atoms with Crippen molar-refractivity contribution in [1.82, 2.24) is 14.8 Å². The number of aromatic nitrogens is 3. The second kappa shape index (κ2) is 6.07. The van der Waals surface area contributed by atoms with Crippen LogP contribution in [0.2, 0.25) is 0 Å². The molecule has 5 rings (SSSR count). The van der Waals surface area contributed by atoms with Gasteiger partial charge in [-0.3, -0.25) is 0 Å². The minimum atomic E-state index is -0.161. The maximum atomic E-state index is 14.0. The Morgan fingerprint density at radius 3 is 2.85 bits per heavy atom. The number of thiazole rings is 1. The van der Waals surface area contributed by atoms with E-state index in [1.807, 2.05) is 40.5 Å². The molecule has 3 nitrogen and oxygen atoms in total. The SMILES string of the molecule is Cc1cc2c(cc1F)SCc1cnn(-c3nc(-c4ccccc4)cs3)c1-2. The Bertz CT molecular complexity index is 1120. The first kappa shape index (κ1) is 15.8. The molecule has 0 N–H and O–H groups in total. The van der Waals surface area contributed by atoms with Gasteiger partial charge in [-0.25, -0.2) is 14.1 Å². The van der Waals surface area contributed by atoms with E-state index in [-0.39, 0.29) is 5.82 Å². The van der Waals surface area contributed by atoms with Gasteiger partial charge in [0.15, 0.2) is 0 Å². The number of benzene rings is 2. The van der Waals surface area contributed by atoms with Gasteiger partial charge in [-0.1, -0.05) is 30.3 Å². The minimum Gasteiger partial charge on any atom is -0.218 e. The molecule has 0 saturated carbocycles. The molecule has 3 heterocycles. The molecule has 0 radical (unpaired) electrons. The van der Waals surface area contributed by atoms with Crippen molar-refractivity contribution >= 4 is 23.1 Å². The predicted molar refractivity (Wildman–Crippen MR) is 104 cm³/mol. The van der Waals surface area contributed by atoms with Crippen molar-refractivity contribution in [2.24, 2.45) is 0 Å². The lowest BCUT2D eigenvalue weighted by Crippen LogP contribution is -2.04. The van der Waals surface area contributed by atoms with Gasteiger partial charge in [-0.05, 0) is 24.6 Å². The van der Waals surface area contributed by atoms with E-state index < -0.39 is 0 Å². The first-order chi connectivity index (χ1) is 12.7. The molecule has 2 aromatic heterocycles. The number of aryl methyl sites for hydroxylation is 1. The summed E-state index contributed by atoms with van der Waals surface area (Å²) in [7, 11) is 0. The molecule has 128 valence electrons. The topological polar surface area (TPSA) is 30.7 Å². The van der Waals surface area contributed by atoms with Crippen LogP contribution >= 0.6 is 23.1 Å². The molecule has 0 unspecified atom stereocenters. The maximum Gasteiger partial charge on any atom is 0.211 e. The highest BCUT2D eigenvalue weighted by molar-refractivity contribution is 7.98. The summed E-state index contributed by atoms with van der Waals surface area (Å²) in [5.74, 6) is 0.633. The molecule has 0 bridgehead atoms. The summed E-state index contributed by atoms with van der Waals surface area (Å²) in [4.78, 5) is 5.74. The van der Waals surface area contributed by atoms with E-state index >= 15 is 0 Å². The number of thioether (sulfide) groups is 1. The Morgan fingerprint density at radius 1 is 1.15 bits per heavy atom. The maximum absolute atomic E-state index is 14.0. The molecule has 0 amide bonds.